The van der Waals surface area contributed by atoms with Crippen molar-refractivity contribution >= 4 is 5.97 Å². The maximum absolute atomic E-state index is 10.9. The minimum absolute atomic E-state index is 0.209. The van der Waals surface area contributed by atoms with E-state index in [0.29, 0.717) is 12.4 Å². The molecule has 0 atom stereocenters. The molecule has 1 aromatic carbocycles. The molecule has 0 aromatic heterocycles. The summed E-state index contributed by atoms with van der Waals surface area (Å²) in [6.45, 7) is 4.32. The maximum Gasteiger partial charge on any atom is 0.339 e. The van der Waals surface area contributed by atoms with Crippen LogP contribution in [0.2, 0.25) is 0 Å². The zero-order valence-corrected chi connectivity index (χ0v) is 10.1. The van der Waals surface area contributed by atoms with E-state index in [-0.39, 0.29) is 5.56 Å². The number of carboxylic acids is 1. The number of hydrogen-bond donors (Lipinski definition) is 2. The molecule has 1 aromatic rings. The van der Waals surface area contributed by atoms with Gasteiger partial charge in [-0.2, -0.15) is 0 Å². The van der Waals surface area contributed by atoms with Gasteiger partial charge in [0.25, 0.3) is 0 Å². The SMILES string of the molecule is CCCCNCCOc1ccccc1C(=O)O. The number of nitrogens with one attached hydrogen (secondary N) is 1. The van der Waals surface area contributed by atoms with E-state index in [2.05, 4.69) is 12.2 Å². The lowest BCUT2D eigenvalue weighted by Gasteiger charge is -2.09. The Morgan fingerprint density at radius 1 is 1.35 bits per heavy atom. The summed E-state index contributed by atoms with van der Waals surface area (Å²) in [7, 11) is 0. The zero-order chi connectivity index (χ0) is 12.5. The van der Waals surface area contributed by atoms with Crippen LogP contribution in [0.4, 0.5) is 0 Å². The summed E-state index contributed by atoms with van der Waals surface area (Å²) >= 11 is 0. The number of aromatic carboxylic acids is 1. The number of carboxylic acid groups (broad SMARTS) is 1. The molecule has 94 valence electrons. The van der Waals surface area contributed by atoms with Crippen molar-refractivity contribution in [3.8, 4) is 5.75 Å². The molecule has 0 radical (unpaired) electrons. The molecule has 0 unspecified atom stereocenters. The lowest BCUT2D eigenvalue weighted by atomic mass is 10.2. The molecule has 1 rings (SSSR count). The predicted molar refractivity (Wildman–Crippen MR) is 66.7 cm³/mol. The van der Waals surface area contributed by atoms with E-state index >= 15 is 0 Å². The zero-order valence-electron chi connectivity index (χ0n) is 10.1. The van der Waals surface area contributed by atoms with E-state index in [9.17, 15) is 4.79 Å². The molecule has 0 bridgehead atoms. The van der Waals surface area contributed by atoms with Crippen LogP contribution in [-0.4, -0.2) is 30.8 Å². The van der Waals surface area contributed by atoms with E-state index in [1.807, 2.05) is 0 Å². The van der Waals surface area contributed by atoms with Gasteiger partial charge in [0, 0.05) is 6.54 Å². The Kier molecular flexibility index (Phi) is 6.10. The summed E-state index contributed by atoms with van der Waals surface area (Å²) in [6.07, 6.45) is 2.31. The monoisotopic (exact) mass is 237 g/mol. The summed E-state index contributed by atoms with van der Waals surface area (Å²) in [5.41, 5.74) is 0.209. The van der Waals surface area contributed by atoms with E-state index in [4.69, 9.17) is 9.84 Å². The number of hydrogen-bond acceptors (Lipinski definition) is 3. The molecule has 2 N–H and O–H groups in total. The van der Waals surface area contributed by atoms with Gasteiger partial charge >= 0.3 is 5.97 Å². The van der Waals surface area contributed by atoms with Crippen LogP contribution in [0.25, 0.3) is 0 Å². The lowest BCUT2D eigenvalue weighted by molar-refractivity contribution is 0.0692. The Labute approximate surface area is 102 Å². The minimum Gasteiger partial charge on any atom is -0.491 e. The number of rotatable bonds is 8. The summed E-state index contributed by atoms with van der Waals surface area (Å²) in [5.74, 6) is -0.531. The molecule has 0 saturated heterocycles. The standard InChI is InChI=1S/C13H19NO3/c1-2-3-8-14-9-10-17-12-7-5-4-6-11(12)13(15)16/h4-7,14H,2-3,8-10H2,1H3,(H,15,16). The highest BCUT2D eigenvalue weighted by atomic mass is 16.5. The van der Waals surface area contributed by atoms with Crippen molar-refractivity contribution in [2.45, 2.75) is 19.8 Å². The minimum atomic E-state index is -0.959. The second-order valence-electron chi connectivity index (χ2n) is 3.75. The van der Waals surface area contributed by atoms with Crippen LogP contribution in [-0.2, 0) is 0 Å². The molecular weight excluding hydrogens is 218 g/mol. The summed E-state index contributed by atoms with van der Waals surface area (Å²) in [5, 5.41) is 12.2. The van der Waals surface area contributed by atoms with Gasteiger partial charge in [0.15, 0.2) is 0 Å². The first-order valence-corrected chi connectivity index (χ1v) is 5.91. The number of ether oxygens (including phenoxy) is 1. The molecule has 0 saturated carbocycles. The third-order valence-electron chi connectivity index (χ3n) is 2.36. The molecule has 0 fully saturated rings. The Morgan fingerprint density at radius 3 is 2.82 bits per heavy atom. The first-order chi connectivity index (χ1) is 8.25. The van der Waals surface area contributed by atoms with Crippen LogP contribution in [0.1, 0.15) is 30.1 Å². The fraction of sp³-hybridized carbons (Fsp3) is 0.462. The van der Waals surface area contributed by atoms with Gasteiger partial charge in [0.1, 0.15) is 17.9 Å². The Morgan fingerprint density at radius 2 is 2.12 bits per heavy atom. The molecule has 17 heavy (non-hydrogen) atoms. The summed E-state index contributed by atoms with van der Waals surface area (Å²) in [4.78, 5) is 10.9. The van der Waals surface area contributed by atoms with E-state index in [1.165, 1.54) is 0 Å². The number of para-hydroxylation sites is 1. The molecule has 0 aliphatic carbocycles. The van der Waals surface area contributed by atoms with Gasteiger partial charge in [-0.15, -0.1) is 0 Å². The van der Waals surface area contributed by atoms with Crippen LogP contribution in [0, 0.1) is 0 Å². The van der Waals surface area contributed by atoms with Crippen molar-refractivity contribution in [3.05, 3.63) is 29.8 Å². The van der Waals surface area contributed by atoms with Crippen molar-refractivity contribution in [2.75, 3.05) is 19.7 Å². The van der Waals surface area contributed by atoms with Crippen molar-refractivity contribution in [1.29, 1.82) is 0 Å². The average Bonchev–Trinajstić information content (AvgIpc) is 2.34. The second-order valence-corrected chi connectivity index (χ2v) is 3.75. The highest BCUT2D eigenvalue weighted by molar-refractivity contribution is 5.90. The van der Waals surface area contributed by atoms with Crippen LogP contribution in [0.15, 0.2) is 24.3 Å². The van der Waals surface area contributed by atoms with Gasteiger partial charge in [-0.3, -0.25) is 0 Å². The Balaban J connectivity index is 2.34. The lowest BCUT2D eigenvalue weighted by Crippen LogP contribution is -2.22. The average molecular weight is 237 g/mol. The van der Waals surface area contributed by atoms with Gasteiger partial charge in [-0.25, -0.2) is 4.79 Å². The topological polar surface area (TPSA) is 58.6 Å². The molecule has 0 heterocycles. The first-order valence-electron chi connectivity index (χ1n) is 5.91. The third-order valence-corrected chi connectivity index (χ3v) is 2.36. The molecular formula is C13H19NO3. The normalized spacial score (nSPS) is 10.2. The fourth-order valence-electron chi connectivity index (χ4n) is 1.43. The first kappa shape index (κ1) is 13.5. The Hall–Kier alpha value is -1.55. The van der Waals surface area contributed by atoms with Crippen LogP contribution >= 0.6 is 0 Å². The van der Waals surface area contributed by atoms with Crippen LogP contribution in [0.3, 0.4) is 0 Å². The van der Waals surface area contributed by atoms with Crippen molar-refractivity contribution in [1.82, 2.24) is 5.32 Å². The summed E-state index contributed by atoms with van der Waals surface area (Å²) < 4.78 is 5.44. The van der Waals surface area contributed by atoms with Gasteiger partial charge in [0.05, 0.1) is 0 Å². The van der Waals surface area contributed by atoms with Gasteiger partial charge in [0.2, 0.25) is 0 Å². The second kappa shape index (κ2) is 7.68. The van der Waals surface area contributed by atoms with E-state index in [1.54, 1.807) is 24.3 Å². The number of unbranched alkanes of at least 4 members (excludes halogenated alkanes) is 1. The van der Waals surface area contributed by atoms with E-state index < -0.39 is 5.97 Å². The molecule has 0 aliphatic heterocycles. The summed E-state index contributed by atoms with van der Waals surface area (Å²) in [6, 6.07) is 6.68. The van der Waals surface area contributed by atoms with Crippen molar-refractivity contribution < 1.29 is 14.6 Å². The molecule has 0 spiro atoms. The van der Waals surface area contributed by atoms with Gasteiger partial charge < -0.3 is 15.2 Å². The van der Waals surface area contributed by atoms with Crippen LogP contribution in [0.5, 0.6) is 5.75 Å². The number of carbonyl (C=O) groups is 1. The maximum atomic E-state index is 10.9. The fourth-order valence-corrected chi connectivity index (χ4v) is 1.43. The third kappa shape index (κ3) is 4.87. The molecule has 4 nitrogen and oxygen atoms in total. The largest absolute Gasteiger partial charge is 0.491 e. The predicted octanol–water partition coefficient (Wildman–Crippen LogP) is 2.15. The molecule has 0 aliphatic rings. The van der Waals surface area contributed by atoms with Crippen molar-refractivity contribution in [2.24, 2.45) is 0 Å². The van der Waals surface area contributed by atoms with Gasteiger partial charge in [-0.05, 0) is 25.1 Å². The van der Waals surface area contributed by atoms with Gasteiger partial charge in [-0.1, -0.05) is 25.5 Å². The van der Waals surface area contributed by atoms with E-state index in [0.717, 1.165) is 25.9 Å². The quantitative estimate of drug-likeness (QED) is 0.680. The number of benzene rings is 1. The highest BCUT2D eigenvalue weighted by Gasteiger charge is 2.09. The molecule has 0 amide bonds. The van der Waals surface area contributed by atoms with Crippen molar-refractivity contribution in [3.63, 3.8) is 0 Å². The highest BCUT2D eigenvalue weighted by Crippen LogP contribution is 2.17. The Bertz CT molecular complexity index is 352. The van der Waals surface area contributed by atoms with Crippen LogP contribution < -0.4 is 10.1 Å². The smallest absolute Gasteiger partial charge is 0.339 e. The molecule has 4 heteroatoms.